The third-order valence-electron chi connectivity index (χ3n) is 10.6. The van der Waals surface area contributed by atoms with Gasteiger partial charge in [-0.25, -0.2) is 9.97 Å². The highest BCUT2D eigenvalue weighted by Crippen LogP contribution is 2.55. The second-order valence-corrected chi connectivity index (χ2v) is 14.3. The van der Waals surface area contributed by atoms with Gasteiger partial charge in [0.25, 0.3) is 0 Å². The third kappa shape index (κ3) is 5.24. The van der Waals surface area contributed by atoms with Crippen LogP contribution in [0.5, 0.6) is 11.5 Å². The van der Waals surface area contributed by atoms with Gasteiger partial charge in [0.2, 0.25) is 0 Å². The minimum Gasteiger partial charge on any atom is -0.453 e. The number of hydrogen-bond donors (Lipinski definition) is 0. The van der Waals surface area contributed by atoms with Gasteiger partial charge in [-0.2, -0.15) is 0 Å². The molecule has 7 aromatic carbocycles. The van der Waals surface area contributed by atoms with Crippen LogP contribution in [0.15, 0.2) is 182 Å². The first-order valence-corrected chi connectivity index (χ1v) is 18.3. The molecule has 2 aliphatic rings. The van der Waals surface area contributed by atoms with Gasteiger partial charge < -0.3 is 14.5 Å². The number of nitrogens with zero attached hydrogens (tertiary/aromatic N) is 4. The lowest BCUT2D eigenvalue weighted by molar-refractivity contribution is 0.477. The highest BCUT2D eigenvalue weighted by Gasteiger charge is 2.37. The fraction of sp³-hybridized carbons (Fsp3) is 0.0612. The summed E-state index contributed by atoms with van der Waals surface area (Å²) in [5, 5.41) is 0. The van der Waals surface area contributed by atoms with Crippen LogP contribution in [0.25, 0.3) is 33.9 Å². The van der Waals surface area contributed by atoms with Crippen LogP contribution in [-0.4, -0.2) is 9.97 Å². The minimum atomic E-state index is -0.191. The Morgan fingerprint density at radius 2 is 0.815 bits per heavy atom. The Balaban J connectivity index is 1.27. The maximum atomic E-state index is 6.46. The first-order chi connectivity index (χ1) is 26.5. The minimum absolute atomic E-state index is 0.191. The average Bonchev–Trinajstić information content (AvgIpc) is 3.23. The van der Waals surface area contributed by atoms with Crippen molar-refractivity contribution in [3.63, 3.8) is 0 Å². The van der Waals surface area contributed by atoms with E-state index in [0.29, 0.717) is 5.82 Å². The molecule has 10 rings (SSSR count). The van der Waals surface area contributed by atoms with Crippen molar-refractivity contribution in [1.29, 1.82) is 0 Å². The van der Waals surface area contributed by atoms with Crippen LogP contribution in [-0.2, 0) is 5.41 Å². The predicted molar refractivity (Wildman–Crippen MR) is 220 cm³/mol. The molecule has 0 fully saturated rings. The zero-order chi connectivity index (χ0) is 36.2. The number of benzene rings is 7. The Kier molecular flexibility index (Phi) is 7.41. The van der Waals surface area contributed by atoms with Gasteiger partial charge in [-0.05, 0) is 71.8 Å². The molecule has 0 atom stereocenters. The van der Waals surface area contributed by atoms with Crippen LogP contribution >= 0.6 is 0 Å². The number of para-hydroxylation sites is 6. The second-order valence-electron chi connectivity index (χ2n) is 14.3. The summed E-state index contributed by atoms with van der Waals surface area (Å²) in [6, 6.07) is 63.5. The predicted octanol–water partition coefficient (Wildman–Crippen LogP) is 13.2. The molecule has 8 aromatic rings. The van der Waals surface area contributed by atoms with Gasteiger partial charge >= 0.3 is 0 Å². The van der Waals surface area contributed by atoms with E-state index >= 15 is 0 Å². The van der Waals surface area contributed by atoms with Crippen molar-refractivity contribution in [3.05, 3.63) is 193 Å². The lowest BCUT2D eigenvalue weighted by atomic mass is 9.73. The molecule has 5 heteroatoms. The van der Waals surface area contributed by atoms with Gasteiger partial charge in [-0.15, -0.1) is 0 Å². The monoisotopic (exact) mass is 696 g/mol. The van der Waals surface area contributed by atoms with Crippen LogP contribution in [0, 0.1) is 0 Å². The smallest absolute Gasteiger partial charge is 0.160 e. The third-order valence-corrected chi connectivity index (χ3v) is 10.6. The van der Waals surface area contributed by atoms with E-state index in [0.717, 1.165) is 73.7 Å². The van der Waals surface area contributed by atoms with Crippen molar-refractivity contribution in [2.45, 2.75) is 19.3 Å². The molecule has 0 bridgehead atoms. The van der Waals surface area contributed by atoms with Gasteiger partial charge in [-0.3, -0.25) is 0 Å². The van der Waals surface area contributed by atoms with Crippen molar-refractivity contribution in [3.8, 4) is 45.4 Å². The molecular weight excluding hydrogens is 661 g/mol. The van der Waals surface area contributed by atoms with E-state index in [1.54, 1.807) is 0 Å². The average molecular weight is 697 g/mol. The molecule has 54 heavy (non-hydrogen) atoms. The normalized spacial score (nSPS) is 13.6. The van der Waals surface area contributed by atoms with Gasteiger partial charge in [0.05, 0.1) is 34.1 Å². The summed E-state index contributed by atoms with van der Waals surface area (Å²) in [5.41, 5.74) is 13.3. The summed E-state index contributed by atoms with van der Waals surface area (Å²) in [4.78, 5) is 15.3. The SMILES string of the molecule is CC1(C)c2ccccc2N(c2cc(-c3nc(-c4ccccc4)cc(-c4ccccc4)n3)cc(N3c4ccccc4Oc4ccccc43)c2)c2ccccc21. The fourth-order valence-corrected chi connectivity index (χ4v) is 8.00. The zero-order valence-electron chi connectivity index (χ0n) is 30.0. The maximum absolute atomic E-state index is 6.46. The van der Waals surface area contributed by atoms with Gasteiger partial charge in [0.1, 0.15) is 0 Å². The first kappa shape index (κ1) is 31.7. The van der Waals surface area contributed by atoms with Crippen LogP contribution in [0.2, 0.25) is 0 Å². The number of ether oxygens (including phenoxy) is 1. The summed E-state index contributed by atoms with van der Waals surface area (Å²) < 4.78 is 6.46. The topological polar surface area (TPSA) is 41.5 Å². The van der Waals surface area contributed by atoms with E-state index in [1.165, 1.54) is 11.1 Å². The number of fused-ring (bicyclic) bond motifs is 4. The van der Waals surface area contributed by atoms with Gasteiger partial charge in [0, 0.05) is 33.5 Å². The standard InChI is InChI=1S/C49H36N4O/c1-49(2)38-21-9-11-23-42(38)52(43-24-12-10-22-39(43)49)36-29-35(30-37(31-36)53-44-25-13-15-27-46(44)54-47-28-16-14-26-45(47)53)48-50-40(33-17-5-3-6-18-33)32-41(51-48)34-19-7-4-8-20-34/h3-32H,1-2H3. The summed E-state index contributed by atoms with van der Waals surface area (Å²) in [6.45, 7) is 4.64. The Morgan fingerprint density at radius 3 is 1.31 bits per heavy atom. The zero-order valence-corrected chi connectivity index (χ0v) is 30.0. The Labute approximate surface area is 315 Å². The lowest BCUT2D eigenvalue weighted by Crippen LogP contribution is -2.30. The number of anilines is 6. The molecule has 5 nitrogen and oxygen atoms in total. The molecule has 0 amide bonds. The van der Waals surface area contributed by atoms with E-state index in [2.05, 4.69) is 169 Å². The van der Waals surface area contributed by atoms with Crippen molar-refractivity contribution < 1.29 is 4.74 Å². The van der Waals surface area contributed by atoms with Crippen LogP contribution in [0.3, 0.4) is 0 Å². The number of rotatable bonds is 5. The highest BCUT2D eigenvalue weighted by molar-refractivity contribution is 5.93. The summed E-state index contributed by atoms with van der Waals surface area (Å²) >= 11 is 0. The molecule has 0 aliphatic carbocycles. The number of aromatic nitrogens is 2. The summed E-state index contributed by atoms with van der Waals surface area (Å²) in [6.07, 6.45) is 0. The molecule has 0 unspecified atom stereocenters. The molecule has 0 saturated carbocycles. The lowest BCUT2D eigenvalue weighted by Gasteiger charge is -2.42. The van der Waals surface area contributed by atoms with Crippen LogP contribution in [0.1, 0.15) is 25.0 Å². The van der Waals surface area contributed by atoms with E-state index < -0.39 is 0 Å². The molecule has 0 saturated heterocycles. The first-order valence-electron chi connectivity index (χ1n) is 18.3. The van der Waals surface area contributed by atoms with Crippen molar-refractivity contribution in [2.24, 2.45) is 0 Å². The fourth-order valence-electron chi connectivity index (χ4n) is 8.00. The Hall–Kier alpha value is -6.98. The second kappa shape index (κ2) is 12.6. The van der Waals surface area contributed by atoms with Crippen molar-refractivity contribution in [2.75, 3.05) is 9.80 Å². The van der Waals surface area contributed by atoms with E-state index in [-0.39, 0.29) is 5.41 Å². The summed E-state index contributed by atoms with van der Waals surface area (Å²) in [7, 11) is 0. The largest absolute Gasteiger partial charge is 0.453 e. The van der Waals surface area contributed by atoms with Crippen molar-refractivity contribution in [1.82, 2.24) is 9.97 Å². The summed E-state index contributed by atoms with van der Waals surface area (Å²) in [5.74, 6) is 2.24. The van der Waals surface area contributed by atoms with Crippen LogP contribution in [0.4, 0.5) is 34.1 Å². The molecule has 258 valence electrons. The quantitative estimate of drug-likeness (QED) is 0.179. The molecule has 2 aliphatic heterocycles. The Bertz CT molecular complexity index is 2540. The Morgan fingerprint density at radius 1 is 0.407 bits per heavy atom. The van der Waals surface area contributed by atoms with E-state index in [9.17, 15) is 0 Å². The van der Waals surface area contributed by atoms with Crippen LogP contribution < -0.4 is 14.5 Å². The van der Waals surface area contributed by atoms with E-state index in [4.69, 9.17) is 14.7 Å². The maximum Gasteiger partial charge on any atom is 0.160 e. The number of hydrogen-bond acceptors (Lipinski definition) is 5. The highest BCUT2D eigenvalue weighted by atomic mass is 16.5. The molecular formula is C49H36N4O. The van der Waals surface area contributed by atoms with Gasteiger partial charge in [-0.1, -0.05) is 135 Å². The van der Waals surface area contributed by atoms with Gasteiger partial charge in [0.15, 0.2) is 17.3 Å². The van der Waals surface area contributed by atoms with Crippen molar-refractivity contribution >= 4 is 34.1 Å². The molecule has 0 N–H and O–H groups in total. The molecule has 0 spiro atoms. The molecule has 0 radical (unpaired) electrons. The van der Waals surface area contributed by atoms with E-state index in [1.807, 2.05) is 36.4 Å². The molecule has 1 aromatic heterocycles. The molecule has 3 heterocycles.